The van der Waals surface area contributed by atoms with E-state index in [-0.39, 0.29) is 37.7 Å². The smallest absolute Gasteiger partial charge is 0.330 e. The van der Waals surface area contributed by atoms with Gasteiger partial charge in [0, 0.05) is 18.9 Å². The molecule has 0 bridgehead atoms. The molecule has 0 saturated heterocycles. The molecule has 8 nitrogen and oxygen atoms in total. The SMILES string of the molecule is CCCCC/C=C\C/C=C\CCCCCCCC(=O)OCC(COC(=O)C=CC=CCCCCCCC(CCCCCC)OO)OC(=O)CCCCCCC/C=C\C/C=C\CCCCC. The molecule has 0 aromatic heterocycles. The van der Waals surface area contributed by atoms with Crippen LogP contribution in [-0.4, -0.2) is 48.6 Å². The molecular weight excluding hydrogens is 813 g/mol. The summed E-state index contributed by atoms with van der Waals surface area (Å²) >= 11 is 0. The number of carbonyl (C=O) groups is 3. The normalized spacial score (nSPS) is 13.1. The van der Waals surface area contributed by atoms with Crippen molar-refractivity contribution in [3.63, 3.8) is 0 Å². The first-order chi connectivity index (χ1) is 32.0. The van der Waals surface area contributed by atoms with E-state index in [0.29, 0.717) is 6.42 Å². The number of hydrogen-bond donors (Lipinski definition) is 1. The van der Waals surface area contributed by atoms with E-state index in [4.69, 9.17) is 14.2 Å². The molecule has 2 unspecified atom stereocenters. The molecule has 0 aliphatic heterocycles. The van der Waals surface area contributed by atoms with Crippen LogP contribution in [0.4, 0.5) is 0 Å². The molecule has 0 aliphatic carbocycles. The summed E-state index contributed by atoms with van der Waals surface area (Å²) in [5.41, 5.74) is 0. The van der Waals surface area contributed by atoms with Crippen molar-refractivity contribution in [3.8, 4) is 0 Å². The summed E-state index contributed by atoms with van der Waals surface area (Å²) in [7, 11) is 0. The van der Waals surface area contributed by atoms with Gasteiger partial charge in [0.05, 0.1) is 6.10 Å². The van der Waals surface area contributed by atoms with Crippen molar-refractivity contribution >= 4 is 17.9 Å². The average Bonchev–Trinajstić information content (AvgIpc) is 3.31. The zero-order valence-corrected chi connectivity index (χ0v) is 42.1. The second kappa shape index (κ2) is 51.7. The summed E-state index contributed by atoms with van der Waals surface area (Å²) in [5, 5.41) is 9.18. The molecule has 0 rings (SSSR count). The number of hydrogen-bond acceptors (Lipinski definition) is 8. The minimum atomic E-state index is -0.859. The van der Waals surface area contributed by atoms with Crippen LogP contribution in [0.25, 0.3) is 0 Å². The first kappa shape index (κ1) is 61.8. The topological polar surface area (TPSA) is 108 Å². The highest BCUT2D eigenvalue weighted by atomic mass is 17.1. The van der Waals surface area contributed by atoms with Gasteiger partial charge in [0.25, 0.3) is 0 Å². The van der Waals surface area contributed by atoms with Crippen LogP contribution in [-0.2, 0) is 33.5 Å². The number of carbonyl (C=O) groups excluding carboxylic acids is 3. The Morgan fingerprint density at radius 3 is 1.32 bits per heavy atom. The quantitative estimate of drug-likeness (QED) is 0.00940. The molecule has 0 radical (unpaired) electrons. The van der Waals surface area contributed by atoms with Gasteiger partial charge in [-0.2, -0.15) is 0 Å². The van der Waals surface area contributed by atoms with Crippen molar-refractivity contribution in [3.05, 3.63) is 72.9 Å². The molecule has 0 spiro atoms. The van der Waals surface area contributed by atoms with E-state index in [2.05, 4.69) is 74.3 Å². The Labute approximate surface area is 399 Å². The summed E-state index contributed by atoms with van der Waals surface area (Å²) in [4.78, 5) is 42.6. The predicted molar refractivity (Wildman–Crippen MR) is 273 cm³/mol. The van der Waals surface area contributed by atoms with E-state index in [9.17, 15) is 19.6 Å². The highest BCUT2D eigenvalue weighted by molar-refractivity contribution is 5.82. The molecule has 0 aromatic carbocycles. The fourth-order valence-corrected chi connectivity index (χ4v) is 7.35. The van der Waals surface area contributed by atoms with Crippen molar-refractivity contribution in [2.24, 2.45) is 0 Å². The van der Waals surface area contributed by atoms with Crippen LogP contribution in [0.3, 0.4) is 0 Å². The molecule has 0 amide bonds. The Hall–Kier alpha value is -3.23. The maximum absolute atomic E-state index is 12.8. The maximum atomic E-state index is 12.8. The Kier molecular flexibility index (Phi) is 49.2. The minimum Gasteiger partial charge on any atom is -0.462 e. The van der Waals surface area contributed by atoms with Gasteiger partial charge in [0.2, 0.25) is 0 Å². The van der Waals surface area contributed by atoms with Gasteiger partial charge < -0.3 is 14.2 Å². The van der Waals surface area contributed by atoms with Crippen LogP contribution < -0.4 is 0 Å². The number of allylic oxidation sites excluding steroid dienone is 11. The van der Waals surface area contributed by atoms with E-state index in [1.165, 1.54) is 76.7 Å². The highest BCUT2D eigenvalue weighted by Crippen LogP contribution is 2.16. The summed E-state index contributed by atoms with van der Waals surface area (Å²) in [6.45, 7) is 6.33. The lowest BCUT2D eigenvalue weighted by Crippen LogP contribution is -2.30. The maximum Gasteiger partial charge on any atom is 0.330 e. The second-order valence-corrected chi connectivity index (χ2v) is 17.7. The number of esters is 3. The van der Waals surface area contributed by atoms with Crippen LogP contribution in [0.1, 0.15) is 245 Å². The van der Waals surface area contributed by atoms with E-state index in [0.717, 1.165) is 141 Å². The third-order valence-electron chi connectivity index (χ3n) is 11.5. The molecule has 0 saturated carbocycles. The van der Waals surface area contributed by atoms with Gasteiger partial charge in [-0.1, -0.05) is 197 Å². The predicted octanol–water partition coefficient (Wildman–Crippen LogP) is 16.9. The van der Waals surface area contributed by atoms with Gasteiger partial charge in [0.15, 0.2) is 6.10 Å². The molecule has 0 aliphatic rings. The summed E-state index contributed by atoms with van der Waals surface area (Å²) in [6.07, 6.45) is 60.7. The second-order valence-electron chi connectivity index (χ2n) is 17.7. The molecule has 8 heteroatoms. The first-order valence-electron chi connectivity index (χ1n) is 26.7. The third-order valence-corrected chi connectivity index (χ3v) is 11.5. The lowest BCUT2D eigenvalue weighted by Gasteiger charge is -2.18. The number of rotatable bonds is 48. The lowest BCUT2D eigenvalue weighted by molar-refractivity contribution is -0.281. The van der Waals surface area contributed by atoms with Crippen LogP contribution in [0.15, 0.2) is 72.9 Å². The Morgan fingerprint density at radius 1 is 0.415 bits per heavy atom. The van der Waals surface area contributed by atoms with Crippen LogP contribution in [0.2, 0.25) is 0 Å². The Morgan fingerprint density at radius 2 is 0.815 bits per heavy atom. The molecule has 65 heavy (non-hydrogen) atoms. The van der Waals surface area contributed by atoms with Crippen LogP contribution in [0.5, 0.6) is 0 Å². The van der Waals surface area contributed by atoms with Gasteiger partial charge in [-0.25, -0.2) is 9.68 Å². The van der Waals surface area contributed by atoms with Crippen LogP contribution in [0, 0.1) is 0 Å². The van der Waals surface area contributed by atoms with E-state index in [1.807, 2.05) is 12.2 Å². The zero-order chi connectivity index (χ0) is 47.4. The fourth-order valence-electron chi connectivity index (χ4n) is 7.35. The molecular formula is C57H98O8. The van der Waals surface area contributed by atoms with E-state index < -0.39 is 12.1 Å². The van der Waals surface area contributed by atoms with Crippen molar-refractivity contribution in [2.75, 3.05) is 13.2 Å². The van der Waals surface area contributed by atoms with Crippen molar-refractivity contribution in [1.29, 1.82) is 0 Å². The lowest BCUT2D eigenvalue weighted by atomic mass is 10.0. The highest BCUT2D eigenvalue weighted by Gasteiger charge is 2.19. The molecule has 1 N–H and O–H groups in total. The third kappa shape index (κ3) is 48.5. The van der Waals surface area contributed by atoms with Crippen molar-refractivity contribution < 1.29 is 38.7 Å². The minimum absolute atomic E-state index is 0.0552. The number of unbranched alkanes of at least 4 members (excludes halogenated alkanes) is 23. The Bertz CT molecular complexity index is 1250. The standard InChI is InChI=1S/C57H98O8/c1-4-7-10-13-15-17-19-21-23-25-27-29-34-38-43-48-55(58)62-51-54(64-57(60)50-45-40-36-30-28-26-24-22-20-18-16-14-11-8-5-2)52-63-56(59)49-44-39-35-32-31-33-37-42-47-53(65-61)46-41-12-9-6-3/h15-18,21-24,35,39,44,49,53-54,61H,4-14,19-20,25-34,36-38,40-43,45-48,50-52H2,1-3H3/b17-15-,18-16-,23-21-,24-22-,39-35?,49-44?. The summed E-state index contributed by atoms with van der Waals surface area (Å²) in [6, 6.07) is 0. The van der Waals surface area contributed by atoms with E-state index in [1.54, 1.807) is 6.08 Å². The molecule has 0 aromatic rings. The summed E-state index contributed by atoms with van der Waals surface area (Å²) in [5.74, 6) is -1.25. The molecule has 374 valence electrons. The largest absolute Gasteiger partial charge is 0.462 e. The van der Waals surface area contributed by atoms with Gasteiger partial charge in [0.1, 0.15) is 13.2 Å². The number of ether oxygens (including phenoxy) is 3. The first-order valence-corrected chi connectivity index (χ1v) is 26.7. The fraction of sp³-hybridized carbons (Fsp3) is 0.737. The van der Waals surface area contributed by atoms with Gasteiger partial charge in [-0.05, 0) is 103 Å². The van der Waals surface area contributed by atoms with Crippen molar-refractivity contribution in [1.82, 2.24) is 0 Å². The Balaban J connectivity index is 4.59. The molecule has 0 heterocycles. The molecule has 2 atom stereocenters. The van der Waals surface area contributed by atoms with E-state index >= 15 is 0 Å². The van der Waals surface area contributed by atoms with Gasteiger partial charge in [-0.3, -0.25) is 14.8 Å². The van der Waals surface area contributed by atoms with Crippen LogP contribution >= 0.6 is 0 Å². The van der Waals surface area contributed by atoms with Gasteiger partial charge in [-0.15, -0.1) is 0 Å². The monoisotopic (exact) mass is 911 g/mol. The molecule has 0 fully saturated rings. The van der Waals surface area contributed by atoms with Crippen molar-refractivity contribution in [2.45, 2.75) is 258 Å². The summed E-state index contributed by atoms with van der Waals surface area (Å²) < 4.78 is 16.6. The zero-order valence-electron chi connectivity index (χ0n) is 42.1. The van der Waals surface area contributed by atoms with Gasteiger partial charge >= 0.3 is 17.9 Å². The average molecular weight is 911 g/mol.